The Balaban J connectivity index is 5.43. The molecule has 0 radical (unpaired) electrons. The number of aliphatic carboxylic acids is 1. The highest BCUT2D eigenvalue weighted by atomic mass is 16.4. The second-order valence-corrected chi connectivity index (χ2v) is 8.76. The Morgan fingerprint density at radius 3 is 1.78 bits per heavy atom. The molecule has 210 valence electrons. The molecule has 16 heteroatoms. The number of hydrogen-bond donors (Lipinski definition) is 9. The Kier molecular flexibility index (Phi) is 14.9. The highest BCUT2D eigenvalue weighted by Crippen LogP contribution is 2.08. The number of amides is 5. The van der Waals surface area contributed by atoms with E-state index in [1.54, 1.807) is 13.8 Å². The van der Waals surface area contributed by atoms with Crippen molar-refractivity contribution in [2.24, 2.45) is 39.6 Å². The second kappa shape index (κ2) is 16.7. The molecule has 14 N–H and O–H groups in total. The topological polar surface area (TPSA) is 301 Å². The van der Waals surface area contributed by atoms with E-state index in [4.69, 9.17) is 28.7 Å². The van der Waals surface area contributed by atoms with Crippen molar-refractivity contribution in [3.05, 3.63) is 0 Å². The lowest BCUT2D eigenvalue weighted by Crippen LogP contribution is -2.58. The summed E-state index contributed by atoms with van der Waals surface area (Å²) >= 11 is 0. The van der Waals surface area contributed by atoms with Crippen LogP contribution in [0.15, 0.2) is 4.99 Å². The summed E-state index contributed by atoms with van der Waals surface area (Å²) in [6.45, 7) is 3.40. The summed E-state index contributed by atoms with van der Waals surface area (Å²) in [5, 5.41) is 16.7. The van der Waals surface area contributed by atoms with Crippen molar-refractivity contribution in [1.29, 1.82) is 0 Å². The number of rotatable bonds is 18. The van der Waals surface area contributed by atoms with Gasteiger partial charge in [0.15, 0.2) is 5.96 Å². The first kappa shape index (κ1) is 33.0. The Labute approximate surface area is 214 Å². The molecule has 0 fully saturated rings. The number of carboxylic acids is 1. The molecule has 0 aromatic rings. The van der Waals surface area contributed by atoms with Crippen LogP contribution in [0.2, 0.25) is 0 Å². The lowest BCUT2D eigenvalue weighted by Gasteiger charge is -2.27. The molecule has 0 saturated carbocycles. The van der Waals surface area contributed by atoms with E-state index in [1.807, 2.05) is 0 Å². The van der Waals surface area contributed by atoms with Crippen LogP contribution in [0.4, 0.5) is 0 Å². The summed E-state index contributed by atoms with van der Waals surface area (Å²) < 4.78 is 0. The van der Waals surface area contributed by atoms with E-state index in [9.17, 15) is 33.9 Å². The largest absolute Gasteiger partial charge is 0.480 e. The van der Waals surface area contributed by atoms with Crippen molar-refractivity contribution < 1.29 is 33.9 Å². The van der Waals surface area contributed by atoms with Crippen molar-refractivity contribution in [2.45, 2.75) is 76.5 Å². The fourth-order valence-corrected chi connectivity index (χ4v) is 3.07. The first-order chi connectivity index (χ1) is 17.1. The van der Waals surface area contributed by atoms with Crippen LogP contribution >= 0.6 is 0 Å². The molecule has 0 heterocycles. The van der Waals surface area contributed by atoms with E-state index in [0.29, 0.717) is 0 Å². The molecule has 0 spiro atoms. The zero-order valence-electron chi connectivity index (χ0n) is 21.1. The highest BCUT2D eigenvalue weighted by Gasteiger charge is 2.32. The molecule has 0 bridgehead atoms. The third-order valence-corrected chi connectivity index (χ3v) is 5.16. The van der Waals surface area contributed by atoms with Crippen LogP contribution in [0.5, 0.6) is 0 Å². The SMILES string of the molecule is CC(C)C(NC(=O)C(CCC(N)=O)NC(=O)C(N)CCC(N)=O)C(=O)NC(CCCN=C(N)N)C(=O)O. The fraction of sp³-hybridized carbons (Fsp3) is 0.667. The van der Waals surface area contributed by atoms with Crippen LogP contribution in [-0.2, 0) is 28.8 Å². The molecule has 0 saturated heterocycles. The maximum atomic E-state index is 13.0. The second-order valence-electron chi connectivity index (χ2n) is 8.76. The Hall–Kier alpha value is -3.95. The maximum absolute atomic E-state index is 13.0. The predicted molar refractivity (Wildman–Crippen MR) is 133 cm³/mol. The highest BCUT2D eigenvalue weighted by molar-refractivity contribution is 5.94. The number of nitrogens with zero attached hydrogens (tertiary/aromatic N) is 1. The molecular formula is C21H39N9O7. The minimum Gasteiger partial charge on any atom is -0.480 e. The van der Waals surface area contributed by atoms with Gasteiger partial charge in [0.25, 0.3) is 0 Å². The first-order valence-corrected chi connectivity index (χ1v) is 11.7. The van der Waals surface area contributed by atoms with Gasteiger partial charge in [-0.1, -0.05) is 13.8 Å². The van der Waals surface area contributed by atoms with Crippen LogP contribution in [0.1, 0.15) is 52.4 Å². The van der Waals surface area contributed by atoms with Gasteiger partial charge in [-0.3, -0.25) is 29.0 Å². The van der Waals surface area contributed by atoms with Crippen molar-refractivity contribution in [2.75, 3.05) is 6.54 Å². The lowest BCUT2D eigenvalue weighted by molar-refractivity contribution is -0.142. The molecule has 0 rings (SSSR count). The van der Waals surface area contributed by atoms with Gasteiger partial charge in [0.2, 0.25) is 29.5 Å². The quantitative estimate of drug-likeness (QED) is 0.0472. The van der Waals surface area contributed by atoms with Crippen LogP contribution in [0.25, 0.3) is 0 Å². The third kappa shape index (κ3) is 14.3. The van der Waals surface area contributed by atoms with E-state index in [1.165, 1.54) is 0 Å². The van der Waals surface area contributed by atoms with E-state index in [-0.39, 0.29) is 51.0 Å². The Morgan fingerprint density at radius 2 is 1.30 bits per heavy atom. The molecule has 0 aliphatic carbocycles. The molecular weight excluding hydrogens is 490 g/mol. The van der Waals surface area contributed by atoms with Crippen LogP contribution < -0.4 is 44.6 Å². The van der Waals surface area contributed by atoms with Gasteiger partial charge in [-0.15, -0.1) is 0 Å². The molecule has 0 aliphatic heterocycles. The standard InChI is InChI=1S/C21H39N9O7/c1-10(2)16(19(35)29-13(20(36)37)4-3-9-27-21(25)26)30-18(34)12(6-8-15(24)32)28-17(33)11(22)5-7-14(23)31/h10-13,16H,3-9,22H2,1-2H3,(H2,23,31)(H2,24,32)(H,28,33)(H,29,35)(H,30,34)(H,36,37)(H4,25,26,27). The van der Waals surface area contributed by atoms with Gasteiger partial charge in [0.05, 0.1) is 6.04 Å². The zero-order valence-corrected chi connectivity index (χ0v) is 21.1. The molecule has 0 aromatic heterocycles. The van der Waals surface area contributed by atoms with Gasteiger partial charge in [-0.2, -0.15) is 0 Å². The predicted octanol–water partition coefficient (Wildman–Crippen LogP) is -3.91. The number of carbonyl (C=O) groups excluding carboxylic acids is 5. The van der Waals surface area contributed by atoms with Gasteiger partial charge >= 0.3 is 5.97 Å². The van der Waals surface area contributed by atoms with Crippen LogP contribution in [-0.4, -0.2) is 77.3 Å². The van der Waals surface area contributed by atoms with Gasteiger partial charge in [-0.05, 0) is 31.6 Å². The van der Waals surface area contributed by atoms with E-state index in [2.05, 4.69) is 20.9 Å². The smallest absolute Gasteiger partial charge is 0.326 e. The summed E-state index contributed by atoms with van der Waals surface area (Å²) in [7, 11) is 0. The summed E-state index contributed by atoms with van der Waals surface area (Å²) in [5.74, 6) is -5.66. The number of aliphatic imine (C=N–C) groups is 1. The molecule has 4 atom stereocenters. The molecule has 0 aliphatic rings. The monoisotopic (exact) mass is 529 g/mol. The summed E-state index contributed by atoms with van der Waals surface area (Å²) in [6.07, 6.45) is -0.377. The summed E-state index contributed by atoms with van der Waals surface area (Å²) in [6, 6.07) is -4.89. The van der Waals surface area contributed by atoms with Gasteiger partial charge in [0, 0.05) is 19.4 Å². The van der Waals surface area contributed by atoms with Gasteiger partial charge in [-0.25, -0.2) is 4.79 Å². The number of carboxylic acid groups (broad SMARTS) is 1. The molecule has 5 amide bonds. The number of hydrogen-bond acceptors (Lipinski definition) is 8. The third-order valence-electron chi connectivity index (χ3n) is 5.16. The fourth-order valence-electron chi connectivity index (χ4n) is 3.07. The van der Waals surface area contributed by atoms with Crippen molar-refractivity contribution >= 4 is 41.5 Å². The number of nitrogens with two attached hydrogens (primary N) is 5. The van der Waals surface area contributed by atoms with E-state index < -0.39 is 65.6 Å². The van der Waals surface area contributed by atoms with Crippen molar-refractivity contribution in [1.82, 2.24) is 16.0 Å². The van der Waals surface area contributed by atoms with Crippen LogP contribution in [0.3, 0.4) is 0 Å². The minimum absolute atomic E-state index is 0.0249. The van der Waals surface area contributed by atoms with E-state index in [0.717, 1.165) is 0 Å². The van der Waals surface area contributed by atoms with Crippen molar-refractivity contribution in [3.8, 4) is 0 Å². The molecule has 37 heavy (non-hydrogen) atoms. The minimum atomic E-state index is -1.29. The summed E-state index contributed by atoms with van der Waals surface area (Å²) in [4.78, 5) is 75.8. The zero-order chi connectivity index (χ0) is 28.7. The Bertz CT molecular complexity index is 859. The number of guanidine groups is 1. The average molecular weight is 530 g/mol. The maximum Gasteiger partial charge on any atom is 0.326 e. The average Bonchev–Trinajstić information content (AvgIpc) is 2.79. The summed E-state index contributed by atoms with van der Waals surface area (Å²) in [5.41, 5.74) is 26.4. The van der Waals surface area contributed by atoms with Crippen molar-refractivity contribution in [3.63, 3.8) is 0 Å². The normalized spacial score (nSPS) is 13.9. The van der Waals surface area contributed by atoms with E-state index >= 15 is 0 Å². The Morgan fingerprint density at radius 1 is 0.757 bits per heavy atom. The number of nitrogens with one attached hydrogen (secondary N) is 3. The van der Waals surface area contributed by atoms with Gasteiger partial charge in [0.1, 0.15) is 18.1 Å². The number of carbonyl (C=O) groups is 6. The lowest BCUT2D eigenvalue weighted by atomic mass is 10.0. The van der Waals surface area contributed by atoms with Gasteiger partial charge < -0.3 is 49.7 Å². The molecule has 4 unspecified atom stereocenters. The first-order valence-electron chi connectivity index (χ1n) is 11.7. The molecule has 16 nitrogen and oxygen atoms in total. The number of primary amides is 2. The van der Waals surface area contributed by atoms with Crippen LogP contribution in [0, 0.1) is 5.92 Å². The molecule has 0 aromatic carbocycles.